The standard InChI is InChI=1S/C20H20N4O3/c1-13(25)22-15-7-8-18-17(9-15)23-19-12-27-11-16(24(18)19)10-21-20(26)14-5-3-2-4-6-14/h2-9,16H,10-12H2,1H3,(H,21,26)(H,22,25)/t16-/m0/s1. The number of hydrogen-bond donors (Lipinski definition) is 2. The summed E-state index contributed by atoms with van der Waals surface area (Å²) in [6.07, 6.45) is 0. The van der Waals surface area contributed by atoms with E-state index in [2.05, 4.69) is 20.2 Å². The van der Waals surface area contributed by atoms with Gasteiger partial charge in [-0.2, -0.15) is 0 Å². The minimum Gasteiger partial charge on any atom is -0.371 e. The molecular weight excluding hydrogens is 344 g/mol. The molecule has 0 radical (unpaired) electrons. The van der Waals surface area contributed by atoms with Crippen LogP contribution in [0.25, 0.3) is 11.0 Å². The topological polar surface area (TPSA) is 85.3 Å². The van der Waals surface area contributed by atoms with Crippen molar-refractivity contribution in [2.75, 3.05) is 18.5 Å². The molecule has 3 aromatic rings. The molecule has 2 aromatic carbocycles. The van der Waals surface area contributed by atoms with Gasteiger partial charge in [-0.05, 0) is 30.3 Å². The number of carbonyl (C=O) groups excluding carboxylic acids is 2. The summed E-state index contributed by atoms with van der Waals surface area (Å²) in [5, 5.41) is 5.75. The van der Waals surface area contributed by atoms with Crippen molar-refractivity contribution < 1.29 is 14.3 Å². The Morgan fingerprint density at radius 1 is 1.22 bits per heavy atom. The predicted octanol–water partition coefficient (Wildman–Crippen LogP) is 2.50. The molecule has 0 saturated carbocycles. The molecule has 4 rings (SSSR count). The number of imidazole rings is 1. The lowest BCUT2D eigenvalue weighted by Gasteiger charge is -2.26. The molecule has 0 bridgehead atoms. The van der Waals surface area contributed by atoms with Crippen molar-refractivity contribution in [1.29, 1.82) is 0 Å². The first kappa shape index (κ1) is 17.2. The maximum atomic E-state index is 12.3. The van der Waals surface area contributed by atoms with E-state index in [0.29, 0.717) is 31.0 Å². The maximum Gasteiger partial charge on any atom is 0.251 e. The largest absolute Gasteiger partial charge is 0.371 e. The Morgan fingerprint density at radius 2 is 2.04 bits per heavy atom. The van der Waals surface area contributed by atoms with Crippen molar-refractivity contribution in [3.05, 3.63) is 59.9 Å². The second kappa shape index (κ2) is 7.20. The second-order valence-corrected chi connectivity index (χ2v) is 6.53. The zero-order chi connectivity index (χ0) is 18.8. The number of anilines is 1. The lowest BCUT2D eigenvalue weighted by atomic mass is 10.2. The molecule has 1 aromatic heterocycles. The highest BCUT2D eigenvalue weighted by atomic mass is 16.5. The van der Waals surface area contributed by atoms with Gasteiger partial charge in [0.2, 0.25) is 5.91 Å². The molecule has 1 aliphatic heterocycles. The number of fused-ring (bicyclic) bond motifs is 3. The Bertz CT molecular complexity index is 997. The van der Waals surface area contributed by atoms with Crippen LogP contribution in [0.1, 0.15) is 29.1 Å². The summed E-state index contributed by atoms with van der Waals surface area (Å²) in [6, 6.07) is 14.7. The first-order valence-electron chi connectivity index (χ1n) is 8.81. The highest BCUT2D eigenvalue weighted by Gasteiger charge is 2.24. The molecule has 0 saturated heterocycles. The Morgan fingerprint density at radius 3 is 2.81 bits per heavy atom. The van der Waals surface area contributed by atoms with Gasteiger partial charge in [0.05, 0.1) is 23.7 Å². The first-order chi connectivity index (χ1) is 13.1. The number of nitrogens with one attached hydrogen (secondary N) is 2. The third-order valence-electron chi connectivity index (χ3n) is 4.52. The smallest absolute Gasteiger partial charge is 0.251 e. The van der Waals surface area contributed by atoms with Crippen LogP contribution in [-0.2, 0) is 16.1 Å². The van der Waals surface area contributed by atoms with Gasteiger partial charge in [-0.1, -0.05) is 18.2 Å². The molecule has 1 aliphatic rings. The highest BCUT2D eigenvalue weighted by molar-refractivity contribution is 5.94. The van der Waals surface area contributed by atoms with Gasteiger partial charge in [-0.3, -0.25) is 9.59 Å². The monoisotopic (exact) mass is 364 g/mol. The molecule has 0 fully saturated rings. The lowest BCUT2D eigenvalue weighted by Crippen LogP contribution is -2.35. The van der Waals surface area contributed by atoms with Crippen LogP contribution in [0.2, 0.25) is 0 Å². The number of hydrogen-bond acceptors (Lipinski definition) is 4. The fraction of sp³-hybridized carbons (Fsp3) is 0.250. The van der Waals surface area contributed by atoms with Crippen LogP contribution in [0.5, 0.6) is 0 Å². The molecule has 2 amide bonds. The molecule has 138 valence electrons. The van der Waals surface area contributed by atoms with E-state index in [1.807, 2.05) is 36.4 Å². The highest BCUT2D eigenvalue weighted by Crippen LogP contribution is 2.27. The van der Waals surface area contributed by atoms with Crippen LogP contribution in [0.15, 0.2) is 48.5 Å². The molecule has 2 heterocycles. The van der Waals surface area contributed by atoms with Crippen LogP contribution < -0.4 is 10.6 Å². The fourth-order valence-electron chi connectivity index (χ4n) is 3.35. The molecule has 2 N–H and O–H groups in total. The van der Waals surface area contributed by atoms with Crippen molar-refractivity contribution in [3.63, 3.8) is 0 Å². The van der Waals surface area contributed by atoms with Crippen LogP contribution in [-0.4, -0.2) is 34.5 Å². The molecule has 27 heavy (non-hydrogen) atoms. The second-order valence-electron chi connectivity index (χ2n) is 6.53. The van der Waals surface area contributed by atoms with Crippen molar-refractivity contribution in [1.82, 2.24) is 14.9 Å². The van der Waals surface area contributed by atoms with E-state index in [9.17, 15) is 9.59 Å². The minimum absolute atomic E-state index is 0.0435. The van der Waals surface area contributed by atoms with Crippen LogP contribution >= 0.6 is 0 Å². The number of ether oxygens (including phenoxy) is 1. The van der Waals surface area contributed by atoms with Gasteiger partial charge in [0.1, 0.15) is 12.4 Å². The van der Waals surface area contributed by atoms with Crippen LogP contribution in [0.4, 0.5) is 5.69 Å². The lowest BCUT2D eigenvalue weighted by molar-refractivity contribution is -0.114. The van der Waals surface area contributed by atoms with Gasteiger partial charge in [0.25, 0.3) is 5.91 Å². The Labute approximate surface area is 156 Å². The summed E-state index contributed by atoms with van der Waals surface area (Å²) >= 11 is 0. The van der Waals surface area contributed by atoms with E-state index >= 15 is 0 Å². The minimum atomic E-state index is -0.122. The molecular formula is C20H20N4O3. The molecule has 1 atom stereocenters. The van der Waals surface area contributed by atoms with Gasteiger partial charge < -0.3 is 19.9 Å². The van der Waals surface area contributed by atoms with E-state index in [-0.39, 0.29) is 17.9 Å². The molecule has 0 aliphatic carbocycles. The average Bonchev–Trinajstić information content (AvgIpc) is 3.04. The average molecular weight is 364 g/mol. The van der Waals surface area contributed by atoms with Crippen LogP contribution in [0.3, 0.4) is 0 Å². The van der Waals surface area contributed by atoms with Crippen LogP contribution in [0, 0.1) is 0 Å². The van der Waals surface area contributed by atoms with Gasteiger partial charge >= 0.3 is 0 Å². The summed E-state index contributed by atoms with van der Waals surface area (Å²) in [5.41, 5.74) is 3.09. The van der Waals surface area contributed by atoms with Gasteiger partial charge in [0.15, 0.2) is 0 Å². The van der Waals surface area contributed by atoms with Crippen molar-refractivity contribution in [2.45, 2.75) is 19.6 Å². The Hall–Kier alpha value is -3.19. The number of nitrogens with zero attached hydrogens (tertiary/aromatic N) is 2. The van der Waals surface area contributed by atoms with Crippen molar-refractivity contribution in [3.8, 4) is 0 Å². The number of amides is 2. The van der Waals surface area contributed by atoms with E-state index in [1.54, 1.807) is 12.1 Å². The van der Waals surface area contributed by atoms with E-state index in [1.165, 1.54) is 6.92 Å². The zero-order valence-electron chi connectivity index (χ0n) is 14.9. The number of aromatic nitrogens is 2. The number of carbonyl (C=O) groups is 2. The fourth-order valence-corrected chi connectivity index (χ4v) is 3.35. The quantitative estimate of drug-likeness (QED) is 0.745. The number of benzene rings is 2. The van der Waals surface area contributed by atoms with E-state index < -0.39 is 0 Å². The molecule has 7 heteroatoms. The SMILES string of the molecule is CC(=O)Nc1ccc2c(c1)nc1n2[C@@H](CNC(=O)c2ccccc2)COC1. The number of rotatable bonds is 4. The van der Waals surface area contributed by atoms with Crippen molar-refractivity contribution in [2.24, 2.45) is 0 Å². The summed E-state index contributed by atoms with van der Waals surface area (Å²) < 4.78 is 7.78. The zero-order valence-corrected chi connectivity index (χ0v) is 14.9. The summed E-state index contributed by atoms with van der Waals surface area (Å²) in [7, 11) is 0. The first-order valence-corrected chi connectivity index (χ1v) is 8.81. The Kier molecular flexibility index (Phi) is 4.60. The van der Waals surface area contributed by atoms with Gasteiger partial charge in [0, 0.05) is 24.7 Å². The van der Waals surface area contributed by atoms with Gasteiger partial charge in [-0.15, -0.1) is 0 Å². The molecule has 0 unspecified atom stereocenters. The van der Waals surface area contributed by atoms with Crippen molar-refractivity contribution >= 4 is 28.5 Å². The molecule has 0 spiro atoms. The maximum absolute atomic E-state index is 12.3. The van der Waals surface area contributed by atoms with E-state index in [4.69, 9.17) is 4.74 Å². The molecule has 7 nitrogen and oxygen atoms in total. The Balaban J connectivity index is 1.57. The normalized spacial score (nSPS) is 16.0. The summed E-state index contributed by atoms with van der Waals surface area (Å²) in [6.45, 7) is 2.84. The third-order valence-corrected chi connectivity index (χ3v) is 4.52. The van der Waals surface area contributed by atoms with Gasteiger partial charge in [-0.25, -0.2) is 4.98 Å². The van der Waals surface area contributed by atoms with E-state index in [0.717, 1.165) is 16.9 Å². The summed E-state index contributed by atoms with van der Waals surface area (Å²) in [5.74, 6) is 0.582. The third kappa shape index (κ3) is 3.54. The summed E-state index contributed by atoms with van der Waals surface area (Å²) in [4.78, 5) is 28.2. The predicted molar refractivity (Wildman–Crippen MR) is 102 cm³/mol.